The fourth-order valence-corrected chi connectivity index (χ4v) is 2.24. The minimum Gasteiger partial charge on any atom is -0.480 e. The van der Waals surface area contributed by atoms with Crippen LogP contribution in [0.1, 0.15) is 19.3 Å². The first-order chi connectivity index (χ1) is 7.99. The first-order valence-corrected chi connectivity index (χ1v) is 5.91. The van der Waals surface area contributed by atoms with Gasteiger partial charge >= 0.3 is 12.0 Å². The van der Waals surface area contributed by atoms with Crippen LogP contribution in [0.4, 0.5) is 4.79 Å². The van der Waals surface area contributed by atoms with Crippen LogP contribution in [0.25, 0.3) is 0 Å². The van der Waals surface area contributed by atoms with Gasteiger partial charge in [-0.05, 0) is 18.8 Å². The summed E-state index contributed by atoms with van der Waals surface area (Å²) in [5, 5.41) is 18.5. The second-order valence-electron chi connectivity index (χ2n) is 5.00. The van der Waals surface area contributed by atoms with Gasteiger partial charge in [0, 0.05) is 26.6 Å². The number of carboxylic acids is 1. The Morgan fingerprint density at radius 1 is 1.41 bits per heavy atom. The molecule has 2 unspecified atom stereocenters. The predicted molar refractivity (Wildman–Crippen MR) is 59.5 cm³/mol. The van der Waals surface area contributed by atoms with E-state index in [1.165, 1.54) is 4.90 Å². The number of carboxylic acid groups (broad SMARTS) is 1. The van der Waals surface area contributed by atoms with E-state index in [0.29, 0.717) is 12.5 Å². The number of aliphatic hydroxyl groups excluding tert-OH is 1. The molecule has 0 aromatic rings. The minimum absolute atomic E-state index is 0.116. The quantitative estimate of drug-likeness (QED) is 0.728. The summed E-state index contributed by atoms with van der Waals surface area (Å²) in [6, 6.07) is -1.18. The third-order valence-corrected chi connectivity index (χ3v) is 3.37. The number of hydrogen-bond acceptors (Lipinski definition) is 3. The van der Waals surface area contributed by atoms with Crippen LogP contribution in [0.5, 0.6) is 0 Å². The molecule has 6 heteroatoms. The molecule has 2 atom stereocenters. The molecule has 2 N–H and O–H groups in total. The summed E-state index contributed by atoms with van der Waals surface area (Å²) in [7, 11) is 1.68. The van der Waals surface area contributed by atoms with E-state index in [9.17, 15) is 14.7 Å². The van der Waals surface area contributed by atoms with Gasteiger partial charge in [-0.2, -0.15) is 0 Å². The number of amides is 2. The zero-order valence-electron chi connectivity index (χ0n) is 9.87. The van der Waals surface area contributed by atoms with Crippen molar-refractivity contribution in [2.75, 3.05) is 20.1 Å². The molecule has 1 saturated heterocycles. The monoisotopic (exact) mass is 242 g/mol. The fourth-order valence-electron chi connectivity index (χ4n) is 2.24. The number of hydrogen-bond donors (Lipinski definition) is 2. The van der Waals surface area contributed by atoms with Crippen molar-refractivity contribution in [3.05, 3.63) is 0 Å². The molecule has 2 amide bonds. The highest BCUT2D eigenvalue weighted by molar-refractivity contribution is 5.83. The maximum Gasteiger partial charge on any atom is 0.326 e. The number of nitrogens with zero attached hydrogens (tertiary/aromatic N) is 2. The second-order valence-corrected chi connectivity index (χ2v) is 5.00. The van der Waals surface area contributed by atoms with Crippen molar-refractivity contribution in [1.82, 2.24) is 9.80 Å². The summed E-state index contributed by atoms with van der Waals surface area (Å²) in [5.74, 6) is -0.477. The first kappa shape index (κ1) is 12.2. The van der Waals surface area contributed by atoms with E-state index in [4.69, 9.17) is 5.11 Å². The average Bonchev–Trinajstić information content (AvgIpc) is 2.97. The van der Waals surface area contributed by atoms with Crippen LogP contribution in [-0.2, 0) is 4.79 Å². The lowest BCUT2D eigenvalue weighted by molar-refractivity contribution is -0.141. The Kier molecular flexibility index (Phi) is 3.24. The summed E-state index contributed by atoms with van der Waals surface area (Å²) >= 11 is 0. The van der Waals surface area contributed by atoms with Gasteiger partial charge in [-0.3, -0.25) is 0 Å². The normalized spacial score (nSPS) is 28.2. The van der Waals surface area contributed by atoms with E-state index >= 15 is 0 Å². The van der Waals surface area contributed by atoms with Crippen LogP contribution in [-0.4, -0.2) is 64.3 Å². The van der Waals surface area contributed by atoms with Crippen molar-refractivity contribution >= 4 is 12.0 Å². The van der Waals surface area contributed by atoms with Crippen LogP contribution < -0.4 is 0 Å². The maximum absolute atomic E-state index is 12.0. The van der Waals surface area contributed by atoms with Gasteiger partial charge in [0.25, 0.3) is 0 Å². The summed E-state index contributed by atoms with van der Waals surface area (Å²) in [5.41, 5.74) is 0. The lowest BCUT2D eigenvalue weighted by atomic mass is 10.2. The zero-order chi connectivity index (χ0) is 12.6. The van der Waals surface area contributed by atoms with Gasteiger partial charge in [-0.25, -0.2) is 9.59 Å². The third-order valence-electron chi connectivity index (χ3n) is 3.37. The summed E-state index contributed by atoms with van der Waals surface area (Å²) in [6.45, 7) is 0.794. The van der Waals surface area contributed by atoms with E-state index in [1.807, 2.05) is 0 Å². The third kappa shape index (κ3) is 2.69. The lowest BCUT2D eigenvalue weighted by Crippen LogP contribution is -2.47. The van der Waals surface area contributed by atoms with Crippen molar-refractivity contribution in [2.24, 2.45) is 5.92 Å². The fraction of sp³-hybridized carbons (Fsp3) is 0.818. The molecule has 2 aliphatic rings. The minimum atomic E-state index is -1.05. The number of β-amino-alcohol motifs (C(OH)–C–C–N with tert-alkyl or cyclic N) is 1. The molecule has 0 spiro atoms. The van der Waals surface area contributed by atoms with Gasteiger partial charge in [0.05, 0.1) is 6.10 Å². The standard InChI is InChI=1S/C11H18N2O4/c1-12(5-7-2-3-7)11(17)13-6-8(14)4-9(13)10(15)16/h7-9,14H,2-6H2,1H3,(H,15,16). The SMILES string of the molecule is CN(CC1CC1)C(=O)N1CC(O)CC1C(=O)O. The summed E-state index contributed by atoms with van der Waals surface area (Å²) < 4.78 is 0. The number of aliphatic hydroxyl groups is 1. The van der Waals surface area contributed by atoms with Gasteiger partial charge in [0.2, 0.25) is 0 Å². The molecular formula is C11H18N2O4. The highest BCUT2D eigenvalue weighted by atomic mass is 16.4. The number of carbonyl (C=O) groups is 2. The molecule has 2 rings (SSSR count). The van der Waals surface area contributed by atoms with Crippen molar-refractivity contribution < 1.29 is 19.8 Å². The van der Waals surface area contributed by atoms with Gasteiger partial charge in [0.1, 0.15) is 6.04 Å². The van der Waals surface area contributed by atoms with Gasteiger partial charge in [-0.1, -0.05) is 0 Å². The highest BCUT2D eigenvalue weighted by Gasteiger charge is 2.40. The average molecular weight is 242 g/mol. The lowest BCUT2D eigenvalue weighted by Gasteiger charge is -2.27. The molecule has 2 fully saturated rings. The molecule has 0 radical (unpaired) electrons. The van der Waals surface area contributed by atoms with Crippen LogP contribution in [0.3, 0.4) is 0 Å². The van der Waals surface area contributed by atoms with Crippen LogP contribution >= 0.6 is 0 Å². The molecule has 17 heavy (non-hydrogen) atoms. The van der Waals surface area contributed by atoms with Crippen molar-refractivity contribution in [3.8, 4) is 0 Å². The second kappa shape index (κ2) is 4.52. The van der Waals surface area contributed by atoms with Crippen LogP contribution in [0.15, 0.2) is 0 Å². The van der Waals surface area contributed by atoms with Gasteiger partial charge in [0.15, 0.2) is 0 Å². The first-order valence-electron chi connectivity index (χ1n) is 5.91. The maximum atomic E-state index is 12.0. The Labute approximate surface area is 99.8 Å². The summed E-state index contributed by atoms with van der Waals surface area (Å²) in [4.78, 5) is 25.9. The molecule has 1 aliphatic heterocycles. The molecule has 1 heterocycles. The Morgan fingerprint density at radius 3 is 2.59 bits per heavy atom. The number of urea groups is 1. The molecule has 96 valence electrons. The Balaban J connectivity index is 1.98. The molecule has 0 aromatic carbocycles. The van der Waals surface area contributed by atoms with Crippen molar-refractivity contribution in [2.45, 2.75) is 31.4 Å². The largest absolute Gasteiger partial charge is 0.480 e. The molecule has 0 bridgehead atoms. The molecular weight excluding hydrogens is 224 g/mol. The van der Waals surface area contributed by atoms with E-state index in [2.05, 4.69) is 0 Å². The molecule has 6 nitrogen and oxygen atoms in total. The van der Waals surface area contributed by atoms with Gasteiger partial charge in [-0.15, -0.1) is 0 Å². The van der Waals surface area contributed by atoms with E-state index in [1.54, 1.807) is 11.9 Å². The number of aliphatic carboxylic acids is 1. The number of likely N-dealkylation sites (tertiary alicyclic amines) is 1. The van der Waals surface area contributed by atoms with E-state index in [0.717, 1.165) is 12.8 Å². The Bertz CT molecular complexity index is 329. The van der Waals surface area contributed by atoms with E-state index < -0.39 is 18.1 Å². The predicted octanol–water partition coefficient (Wildman–Crippen LogP) is -0.0320. The summed E-state index contributed by atoms with van der Waals surface area (Å²) in [6.07, 6.45) is 1.68. The van der Waals surface area contributed by atoms with Crippen molar-refractivity contribution in [1.29, 1.82) is 0 Å². The molecule has 0 aromatic heterocycles. The molecule has 1 aliphatic carbocycles. The van der Waals surface area contributed by atoms with Gasteiger partial charge < -0.3 is 20.0 Å². The smallest absolute Gasteiger partial charge is 0.326 e. The Hall–Kier alpha value is -1.30. The Morgan fingerprint density at radius 2 is 2.06 bits per heavy atom. The topological polar surface area (TPSA) is 81.1 Å². The van der Waals surface area contributed by atoms with Crippen molar-refractivity contribution in [3.63, 3.8) is 0 Å². The van der Waals surface area contributed by atoms with Crippen LogP contribution in [0.2, 0.25) is 0 Å². The highest BCUT2D eigenvalue weighted by Crippen LogP contribution is 2.30. The number of carbonyl (C=O) groups excluding carboxylic acids is 1. The zero-order valence-corrected chi connectivity index (χ0v) is 9.87. The van der Waals surface area contributed by atoms with E-state index in [-0.39, 0.29) is 19.0 Å². The number of rotatable bonds is 3. The van der Waals surface area contributed by atoms with Crippen LogP contribution in [0, 0.1) is 5.92 Å². The molecule has 1 saturated carbocycles.